The zero-order chi connectivity index (χ0) is 24.2. The lowest BCUT2D eigenvalue weighted by molar-refractivity contribution is 0.102. The molecule has 0 saturated carbocycles. The lowest BCUT2D eigenvalue weighted by Crippen LogP contribution is -2.19. The third kappa shape index (κ3) is 8.33. The monoisotopic (exact) mass is 469 g/mol. The Kier molecular flexibility index (Phi) is 10.5. The van der Waals surface area contributed by atoms with Crippen molar-refractivity contribution >= 4 is 34.8 Å². The molecule has 5 nitrogen and oxygen atoms in total. The van der Waals surface area contributed by atoms with E-state index in [-0.39, 0.29) is 16.8 Å². The lowest BCUT2D eigenvalue weighted by Gasteiger charge is -2.12. The molecular formula is C26H29ClFN3O2. The van der Waals surface area contributed by atoms with Gasteiger partial charge in [0.05, 0.1) is 16.8 Å². The number of rotatable bonds is 7. The Bertz CT molecular complexity index is 1070. The van der Waals surface area contributed by atoms with Crippen LogP contribution in [0.5, 0.6) is 0 Å². The standard InChI is InChI=1S/C21H16ClFN2O2.C5H13N/c1-13-6-11-16(18(23)12-13)20(26)25-19-5-3-2-4-17(19)21(27)24-15-9-7-14(22)8-10-15;1-2-3-4-5-6/h2-12H,1H3,(H,24,27)(H,25,26);2-6H2,1H3. The average Bonchev–Trinajstić information content (AvgIpc) is 2.80. The van der Waals surface area contributed by atoms with Gasteiger partial charge in [-0.3, -0.25) is 9.59 Å². The third-order valence-corrected chi connectivity index (χ3v) is 4.95. The van der Waals surface area contributed by atoms with E-state index in [4.69, 9.17) is 17.3 Å². The second kappa shape index (κ2) is 13.4. The van der Waals surface area contributed by atoms with Crippen LogP contribution in [0.4, 0.5) is 15.8 Å². The van der Waals surface area contributed by atoms with Crippen molar-refractivity contribution in [3.05, 3.63) is 94.3 Å². The highest BCUT2D eigenvalue weighted by atomic mass is 35.5. The number of hydrogen-bond donors (Lipinski definition) is 3. The molecule has 0 heterocycles. The zero-order valence-electron chi connectivity index (χ0n) is 18.8. The first-order valence-electron chi connectivity index (χ1n) is 10.8. The minimum absolute atomic E-state index is 0.0893. The molecule has 0 aromatic heterocycles. The van der Waals surface area contributed by atoms with Gasteiger partial charge in [0, 0.05) is 10.7 Å². The van der Waals surface area contributed by atoms with E-state index in [0.29, 0.717) is 16.3 Å². The predicted octanol–water partition coefficient (Wildman–Crippen LogP) is 6.43. The molecule has 174 valence electrons. The maximum atomic E-state index is 14.0. The number of halogens is 2. The fraction of sp³-hybridized carbons (Fsp3) is 0.231. The van der Waals surface area contributed by atoms with Crippen molar-refractivity contribution in [3.63, 3.8) is 0 Å². The maximum absolute atomic E-state index is 14.0. The number of anilines is 2. The lowest BCUT2D eigenvalue weighted by atomic mass is 10.1. The van der Waals surface area contributed by atoms with Crippen LogP contribution in [0.2, 0.25) is 5.02 Å². The highest BCUT2D eigenvalue weighted by Gasteiger charge is 2.16. The molecule has 2 amide bonds. The number of carbonyl (C=O) groups is 2. The molecule has 0 aliphatic rings. The molecule has 0 aliphatic heterocycles. The van der Waals surface area contributed by atoms with E-state index in [9.17, 15) is 14.0 Å². The molecule has 0 atom stereocenters. The van der Waals surface area contributed by atoms with E-state index in [0.717, 1.165) is 6.54 Å². The number of carbonyl (C=O) groups excluding carboxylic acids is 2. The number of amides is 2. The average molecular weight is 470 g/mol. The van der Waals surface area contributed by atoms with Crippen molar-refractivity contribution in [2.24, 2.45) is 5.73 Å². The maximum Gasteiger partial charge on any atom is 0.258 e. The van der Waals surface area contributed by atoms with Crippen molar-refractivity contribution in [2.75, 3.05) is 17.2 Å². The van der Waals surface area contributed by atoms with Gasteiger partial charge in [-0.15, -0.1) is 0 Å². The van der Waals surface area contributed by atoms with Crippen LogP contribution in [0, 0.1) is 12.7 Å². The number of para-hydroxylation sites is 1. The van der Waals surface area contributed by atoms with Crippen LogP contribution < -0.4 is 16.4 Å². The van der Waals surface area contributed by atoms with Crippen LogP contribution in [0.3, 0.4) is 0 Å². The molecule has 3 aromatic carbocycles. The number of benzene rings is 3. The summed E-state index contributed by atoms with van der Waals surface area (Å²) in [5.74, 6) is -1.65. The Balaban J connectivity index is 0.000000569. The fourth-order valence-electron chi connectivity index (χ4n) is 2.91. The number of hydrogen-bond acceptors (Lipinski definition) is 3. The van der Waals surface area contributed by atoms with Gasteiger partial charge in [-0.05, 0) is 74.0 Å². The zero-order valence-corrected chi connectivity index (χ0v) is 19.6. The Morgan fingerprint density at radius 3 is 2.18 bits per heavy atom. The van der Waals surface area contributed by atoms with Gasteiger partial charge < -0.3 is 16.4 Å². The van der Waals surface area contributed by atoms with Gasteiger partial charge in [-0.2, -0.15) is 0 Å². The molecule has 0 saturated heterocycles. The number of nitrogens with two attached hydrogens (primary N) is 1. The molecule has 3 aromatic rings. The van der Waals surface area contributed by atoms with E-state index >= 15 is 0 Å². The summed E-state index contributed by atoms with van der Waals surface area (Å²) in [6, 6.07) is 17.5. The Morgan fingerprint density at radius 1 is 0.909 bits per heavy atom. The third-order valence-electron chi connectivity index (χ3n) is 4.70. The van der Waals surface area contributed by atoms with E-state index in [1.165, 1.54) is 31.4 Å². The molecule has 0 radical (unpaired) electrons. The summed E-state index contributed by atoms with van der Waals surface area (Å²) in [6.07, 6.45) is 3.75. The molecule has 4 N–H and O–H groups in total. The van der Waals surface area contributed by atoms with E-state index in [1.54, 1.807) is 61.5 Å². The molecule has 3 rings (SSSR count). The van der Waals surface area contributed by atoms with Crippen LogP contribution in [0.25, 0.3) is 0 Å². The summed E-state index contributed by atoms with van der Waals surface area (Å²) >= 11 is 5.84. The minimum Gasteiger partial charge on any atom is -0.330 e. The Morgan fingerprint density at radius 2 is 1.58 bits per heavy atom. The second-order valence-electron chi connectivity index (χ2n) is 7.44. The van der Waals surface area contributed by atoms with Gasteiger partial charge in [-0.25, -0.2) is 4.39 Å². The Hall–Kier alpha value is -3.22. The Labute approximate surface area is 199 Å². The van der Waals surface area contributed by atoms with E-state index < -0.39 is 17.6 Å². The summed E-state index contributed by atoms with van der Waals surface area (Å²) in [6.45, 7) is 4.77. The second-order valence-corrected chi connectivity index (χ2v) is 7.88. The molecule has 0 unspecified atom stereocenters. The molecule has 0 fully saturated rings. The van der Waals surface area contributed by atoms with Crippen LogP contribution in [-0.2, 0) is 0 Å². The topological polar surface area (TPSA) is 84.2 Å². The van der Waals surface area contributed by atoms with Crippen LogP contribution in [0.1, 0.15) is 52.5 Å². The molecule has 0 spiro atoms. The van der Waals surface area contributed by atoms with E-state index in [2.05, 4.69) is 17.6 Å². The first-order chi connectivity index (χ1) is 15.8. The van der Waals surface area contributed by atoms with E-state index in [1.807, 2.05) is 0 Å². The number of unbranched alkanes of at least 4 members (excludes halogenated alkanes) is 2. The van der Waals surface area contributed by atoms with Gasteiger partial charge in [0.15, 0.2) is 0 Å². The summed E-state index contributed by atoms with van der Waals surface area (Å²) in [4.78, 5) is 25.0. The summed E-state index contributed by atoms with van der Waals surface area (Å²) < 4.78 is 14.0. The summed E-state index contributed by atoms with van der Waals surface area (Å²) in [5, 5.41) is 5.89. The van der Waals surface area contributed by atoms with Gasteiger partial charge in [-0.1, -0.05) is 49.6 Å². The first kappa shape index (κ1) is 26.0. The van der Waals surface area contributed by atoms with Gasteiger partial charge in [0.2, 0.25) is 0 Å². The number of nitrogens with one attached hydrogen (secondary N) is 2. The highest BCUT2D eigenvalue weighted by molar-refractivity contribution is 6.30. The van der Waals surface area contributed by atoms with Crippen LogP contribution >= 0.6 is 11.6 Å². The van der Waals surface area contributed by atoms with Crippen molar-refractivity contribution in [1.29, 1.82) is 0 Å². The molecule has 33 heavy (non-hydrogen) atoms. The van der Waals surface area contributed by atoms with Crippen molar-refractivity contribution in [2.45, 2.75) is 33.1 Å². The van der Waals surface area contributed by atoms with Crippen LogP contribution in [0.15, 0.2) is 66.7 Å². The normalized spacial score (nSPS) is 10.1. The highest BCUT2D eigenvalue weighted by Crippen LogP contribution is 2.20. The molecule has 0 bridgehead atoms. The number of aryl methyl sites for hydroxylation is 1. The van der Waals surface area contributed by atoms with Crippen molar-refractivity contribution < 1.29 is 14.0 Å². The molecule has 0 aliphatic carbocycles. The molecule has 7 heteroatoms. The SMILES string of the molecule is CCCCCN.Cc1ccc(C(=O)Nc2ccccc2C(=O)Nc2ccc(Cl)cc2)c(F)c1. The fourth-order valence-corrected chi connectivity index (χ4v) is 3.04. The van der Waals surface area contributed by atoms with Crippen molar-refractivity contribution in [3.8, 4) is 0 Å². The largest absolute Gasteiger partial charge is 0.330 e. The first-order valence-corrected chi connectivity index (χ1v) is 11.2. The predicted molar refractivity (Wildman–Crippen MR) is 134 cm³/mol. The molecular weight excluding hydrogens is 441 g/mol. The van der Waals surface area contributed by atoms with Gasteiger partial charge >= 0.3 is 0 Å². The summed E-state index contributed by atoms with van der Waals surface area (Å²) in [7, 11) is 0. The van der Waals surface area contributed by atoms with Gasteiger partial charge in [0.25, 0.3) is 11.8 Å². The minimum atomic E-state index is -0.626. The smallest absolute Gasteiger partial charge is 0.258 e. The van der Waals surface area contributed by atoms with Crippen molar-refractivity contribution in [1.82, 2.24) is 0 Å². The van der Waals surface area contributed by atoms with Crippen LogP contribution in [-0.4, -0.2) is 18.4 Å². The summed E-state index contributed by atoms with van der Waals surface area (Å²) in [5.41, 5.74) is 6.95. The quantitative estimate of drug-likeness (QED) is 0.349. The van der Waals surface area contributed by atoms with Gasteiger partial charge in [0.1, 0.15) is 5.82 Å².